The number of rotatable bonds is 12. The molecular weight excluding hydrogens is 638 g/mol. The molecule has 6 aromatic rings. The van der Waals surface area contributed by atoms with Crippen LogP contribution < -0.4 is 36.6 Å². The van der Waals surface area contributed by atoms with Crippen LogP contribution in [0.4, 0.5) is 0 Å². The molecule has 0 radical (unpaired) electrons. The van der Waals surface area contributed by atoms with Crippen molar-refractivity contribution in [3.05, 3.63) is 194 Å². The van der Waals surface area contributed by atoms with Crippen LogP contribution in [-0.2, 0) is 9.13 Å². The highest BCUT2D eigenvalue weighted by Gasteiger charge is 2.31. The molecule has 0 unspecified atom stereocenters. The van der Waals surface area contributed by atoms with Crippen molar-refractivity contribution in [3.63, 3.8) is 0 Å². The van der Waals surface area contributed by atoms with Crippen LogP contribution in [0.5, 0.6) is 11.5 Å². The van der Waals surface area contributed by atoms with Crippen LogP contribution in [0.25, 0.3) is 24.3 Å². The highest BCUT2D eigenvalue weighted by atomic mass is 31.2. The van der Waals surface area contributed by atoms with Gasteiger partial charge in [-0.15, -0.1) is 0 Å². The van der Waals surface area contributed by atoms with Crippen molar-refractivity contribution < 1.29 is 13.9 Å². The molecule has 0 saturated heterocycles. The number of benzene rings is 6. The Morgan fingerprint density at radius 3 is 0.694 bits per heavy atom. The zero-order valence-corrected chi connectivity index (χ0v) is 28.9. The predicted molar refractivity (Wildman–Crippen MR) is 212 cm³/mol. The van der Waals surface area contributed by atoms with Gasteiger partial charge in [-0.25, -0.2) is 0 Å². The monoisotopic (exact) mass is 674 g/mol. The minimum Gasteiger partial charge on any atom is -0.457 e. The first kappa shape index (κ1) is 33.4. The molecule has 0 aliphatic carbocycles. The third-order valence-electron chi connectivity index (χ3n) is 8.61. The molecule has 0 spiro atoms. The summed E-state index contributed by atoms with van der Waals surface area (Å²) >= 11 is 0. The smallest absolute Gasteiger partial charge is 0.171 e. The fraction of sp³-hybridized carbons (Fsp3) is 0. The fourth-order valence-electron chi connectivity index (χ4n) is 5.76. The zero-order valence-electron chi connectivity index (χ0n) is 27.1. The van der Waals surface area contributed by atoms with Crippen LogP contribution in [0.2, 0.25) is 0 Å². The topological polar surface area (TPSA) is 43.4 Å². The molecule has 0 aromatic heterocycles. The van der Waals surface area contributed by atoms with Crippen molar-refractivity contribution in [2.24, 2.45) is 0 Å². The molecular formula is C44H36O3P2. The van der Waals surface area contributed by atoms with Crippen LogP contribution >= 0.6 is 14.3 Å². The Morgan fingerprint density at radius 1 is 0.327 bits per heavy atom. The van der Waals surface area contributed by atoms with Gasteiger partial charge in [0.25, 0.3) is 0 Å². The molecule has 6 aromatic carbocycles. The molecule has 0 saturated carbocycles. The Kier molecular flexibility index (Phi) is 9.79. The summed E-state index contributed by atoms with van der Waals surface area (Å²) in [5, 5.41) is 4.32. The minimum atomic E-state index is -3.20. The number of ether oxygens (including phenoxy) is 1. The average molecular weight is 675 g/mol. The van der Waals surface area contributed by atoms with Gasteiger partial charge >= 0.3 is 0 Å². The molecule has 240 valence electrons. The maximum atomic E-state index is 15.0. The Hall–Kier alpha value is -5.46. The van der Waals surface area contributed by atoms with Crippen LogP contribution in [0.1, 0.15) is 22.3 Å². The number of hydrogen-bond donors (Lipinski definition) is 0. The summed E-state index contributed by atoms with van der Waals surface area (Å²) in [6.07, 6.45) is 7.08. The van der Waals surface area contributed by atoms with Gasteiger partial charge < -0.3 is 13.9 Å². The van der Waals surface area contributed by atoms with E-state index in [1.807, 2.05) is 146 Å². The molecule has 0 aliphatic heterocycles. The maximum absolute atomic E-state index is 15.0. The van der Waals surface area contributed by atoms with Crippen LogP contribution in [0.15, 0.2) is 172 Å². The molecule has 49 heavy (non-hydrogen) atoms. The molecule has 0 aliphatic rings. The highest BCUT2D eigenvalue weighted by Crippen LogP contribution is 2.44. The largest absolute Gasteiger partial charge is 0.457 e. The van der Waals surface area contributed by atoms with Crippen molar-refractivity contribution >= 4 is 70.4 Å². The van der Waals surface area contributed by atoms with Crippen molar-refractivity contribution in [1.29, 1.82) is 0 Å². The van der Waals surface area contributed by atoms with E-state index in [4.69, 9.17) is 4.74 Å². The Labute approximate surface area is 289 Å². The summed E-state index contributed by atoms with van der Waals surface area (Å²) < 4.78 is 36.2. The lowest BCUT2D eigenvalue weighted by molar-refractivity contribution is 0.483. The molecule has 0 N–H and O–H groups in total. The summed E-state index contributed by atoms with van der Waals surface area (Å²) in [5.41, 5.74) is 3.83. The quantitative estimate of drug-likeness (QED) is 0.122. The first-order valence-electron chi connectivity index (χ1n) is 15.8. The molecule has 0 atom stereocenters. The SMILES string of the molecule is C=Cc1ccc(P(=O)(c2ccc(C=C)cc2)c2ccc(Oc3ccc(P(=O)(c4ccc(C=C)cc4)c4ccc(C=C)cc4)cc3)cc2)cc1. The molecule has 0 bridgehead atoms. The summed E-state index contributed by atoms with van der Waals surface area (Å²) in [6.45, 7) is 15.4. The van der Waals surface area contributed by atoms with E-state index >= 15 is 0 Å². The van der Waals surface area contributed by atoms with Crippen molar-refractivity contribution in [2.45, 2.75) is 0 Å². The predicted octanol–water partition coefficient (Wildman–Crippen LogP) is 9.33. The van der Waals surface area contributed by atoms with Gasteiger partial charge in [-0.05, 0) is 70.8 Å². The molecule has 3 nitrogen and oxygen atoms in total. The van der Waals surface area contributed by atoms with E-state index in [9.17, 15) is 9.13 Å². The second-order valence-corrected chi connectivity index (χ2v) is 17.0. The normalized spacial score (nSPS) is 11.3. The van der Waals surface area contributed by atoms with E-state index in [-0.39, 0.29) is 0 Å². The maximum Gasteiger partial charge on any atom is 0.171 e. The Balaban J connectivity index is 1.31. The summed E-state index contributed by atoms with van der Waals surface area (Å²) in [5.74, 6) is 1.19. The molecule has 6 rings (SSSR count). The van der Waals surface area contributed by atoms with Gasteiger partial charge in [0, 0.05) is 31.8 Å². The van der Waals surface area contributed by atoms with Gasteiger partial charge in [-0.1, -0.05) is 148 Å². The van der Waals surface area contributed by atoms with Gasteiger partial charge in [-0.3, -0.25) is 0 Å². The van der Waals surface area contributed by atoms with E-state index in [1.54, 1.807) is 24.3 Å². The van der Waals surface area contributed by atoms with Gasteiger partial charge in [-0.2, -0.15) is 0 Å². The van der Waals surface area contributed by atoms with Crippen LogP contribution in [-0.4, -0.2) is 0 Å². The van der Waals surface area contributed by atoms with Gasteiger partial charge in [0.1, 0.15) is 11.5 Å². The average Bonchev–Trinajstić information content (AvgIpc) is 3.18. The first-order valence-corrected chi connectivity index (χ1v) is 19.2. The molecule has 0 amide bonds. The zero-order chi connectivity index (χ0) is 34.4. The summed E-state index contributed by atoms with van der Waals surface area (Å²) in [7, 11) is -6.40. The van der Waals surface area contributed by atoms with Crippen molar-refractivity contribution in [3.8, 4) is 11.5 Å². The van der Waals surface area contributed by atoms with Crippen LogP contribution in [0, 0.1) is 0 Å². The van der Waals surface area contributed by atoms with E-state index in [0.29, 0.717) is 22.1 Å². The van der Waals surface area contributed by atoms with Gasteiger partial charge in [0.15, 0.2) is 14.3 Å². The molecule has 0 fully saturated rings. The van der Waals surface area contributed by atoms with Gasteiger partial charge in [0.05, 0.1) is 0 Å². The lowest BCUT2D eigenvalue weighted by atomic mass is 10.2. The third-order valence-corrected chi connectivity index (χ3v) is 14.8. The highest BCUT2D eigenvalue weighted by molar-refractivity contribution is 7.85. The third kappa shape index (κ3) is 6.65. The van der Waals surface area contributed by atoms with E-state index in [0.717, 1.165) is 43.5 Å². The van der Waals surface area contributed by atoms with E-state index in [2.05, 4.69) is 26.3 Å². The lowest BCUT2D eigenvalue weighted by Gasteiger charge is -2.21. The fourth-order valence-corrected chi connectivity index (χ4v) is 11.0. The second-order valence-electron chi connectivity index (χ2n) is 11.5. The Bertz CT molecular complexity index is 1940. The summed E-state index contributed by atoms with van der Waals surface area (Å²) in [4.78, 5) is 0. The Morgan fingerprint density at radius 2 is 0.510 bits per heavy atom. The standard InChI is InChI=1S/C44H36O3P2/c1-5-33-9-21-39(22-10-33)48(45,40-23-11-34(6-2)12-24-40)43-29-17-37(18-30-43)47-38-19-31-44(32-20-38)49(46,41-25-13-35(7-3)14-26-41)42-27-15-36(8-4)16-28-42/h5-32H,1-4H2. The first-order chi connectivity index (χ1) is 23.8. The van der Waals surface area contributed by atoms with E-state index in [1.165, 1.54) is 0 Å². The van der Waals surface area contributed by atoms with Gasteiger partial charge in [0.2, 0.25) is 0 Å². The summed E-state index contributed by atoms with van der Waals surface area (Å²) in [6, 6.07) is 45.5. The van der Waals surface area contributed by atoms with Crippen molar-refractivity contribution in [1.82, 2.24) is 0 Å². The van der Waals surface area contributed by atoms with E-state index < -0.39 is 14.3 Å². The van der Waals surface area contributed by atoms with Crippen molar-refractivity contribution in [2.75, 3.05) is 0 Å². The molecule has 0 heterocycles. The number of hydrogen-bond acceptors (Lipinski definition) is 3. The lowest BCUT2D eigenvalue weighted by Crippen LogP contribution is -2.25. The second kappa shape index (κ2) is 14.3. The molecule has 5 heteroatoms. The minimum absolute atomic E-state index is 0.593. The van der Waals surface area contributed by atoms with Crippen LogP contribution in [0.3, 0.4) is 0 Å².